The van der Waals surface area contributed by atoms with Gasteiger partial charge in [-0.05, 0) is 54.4 Å². The van der Waals surface area contributed by atoms with Gasteiger partial charge in [-0.2, -0.15) is 0 Å². The van der Waals surface area contributed by atoms with Crippen molar-refractivity contribution in [1.82, 2.24) is 0 Å². The molecule has 3 rings (SSSR count). The van der Waals surface area contributed by atoms with Gasteiger partial charge in [0.2, 0.25) is 0 Å². The van der Waals surface area contributed by atoms with Crippen molar-refractivity contribution in [3.8, 4) is 0 Å². The Morgan fingerprint density at radius 2 is 1.59 bits per heavy atom. The molecule has 0 amide bonds. The number of rotatable bonds is 9. The summed E-state index contributed by atoms with van der Waals surface area (Å²) in [6.07, 6.45) is 8.04. The maximum atomic E-state index is 12.2. The molecule has 0 unspecified atom stereocenters. The van der Waals surface area contributed by atoms with Crippen LogP contribution < -0.4 is 10.4 Å². The predicted octanol–water partition coefficient (Wildman–Crippen LogP) is 6.44. The molecule has 1 saturated carbocycles. The second kappa shape index (κ2) is 10.3. The highest BCUT2D eigenvalue weighted by molar-refractivity contribution is 6.99. The molecule has 2 aromatic rings. The van der Waals surface area contributed by atoms with Crippen LogP contribution >= 0.6 is 0 Å². The number of Topliss-reactive ketones (excluding diaryl/α,β-unsaturated/α-hetero) is 1. The molecule has 1 fully saturated rings. The summed E-state index contributed by atoms with van der Waals surface area (Å²) in [5.74, 6) is 0.441. The molecule has 0 N–H and O–H groups in total. The first-order valence-corrected chi connectivity index (χ1v) is 14.0. The fraction of sp³-hybridized carbons (Fsp3) is 0.483. The van der Waals surface area contributed by atoms with Crippen LogP contribution in [0.1, 0.15) is 73.1 Å². The fourth-order valence-electron chi connectivity index (χ4n) is 5.14. The number of hydrogen-bond donors (Lipinski definition) is 0. The largest absolute Gasteiger partial charge is 0.407 e. The Morgan fingerprint density at radius 1 is 1.03 bits per heavy atom. The molecule has 0 saturated heterocycles. The van der Waals surface area contributed by atoms with E-state index in [0.29, 0.717) is 5.78 Å². The van der Waals surface area contributed by atoms with E-state index in [2.05, 4.69) is 101 Å². The number of carbonyl (C=O) groups is 1. The lowest BCUT2D eigenvalue weighted by molar-refractivity contribution is -0.124. The molecule has 0 heterocycles. The van der Waals surface area contributed by atoms with Crippen LogP contribution in [0.4, 0.5) is 0 Å². The molecule has 0 aliphatic heterocycles. The third-order valence-corrected chi connectivity index (χ3v) is 12.2. The molecule has 2 aromatic carbocycles. The van der Waals surface area contributed by atoms with Crippen molar-refractivity contribution in [2.75, 3.05) is 6.61 Å². The van der Waals surface area contributed by atoms with Crippen LogP contribution in [0.15, 0.2) is 72.3 Å². The summed E-state index contributed by atoms with van der Waals surface area (Å²) in [4.78, 5) is 12.2. The van der Waals surface area contributed by atoms with E-state index >= 15 is 0 Å². The lowest BCUT2D eigenvalue weighted by atomic mass is 9.83. The monoisotopic (exact) mass is 448 g/mol. The Morgan fingerprint density at radius 3 is 2.06 bits per heavy atom. The lowest BCUT2D eigenvalue weighted by Crippen LogP contribution is -2.66. The van der Waals surface area contributed by atoms with E-state index in [1.54, 1.807) is 0 Å². The van der Waals surface area contributed by atoms with Gasteiger partial charge >= 0.3 is 0 Å². The van der Waals surface area contributed by atoms with Crippen LogP contribution in [0.25, 0.3) is 0 Å². The molecule has 1 atom stereocenters. The van der Waals surface area contributed by atoms with E-state index in [1.165, 1.54) is 15.9 Å². The Balaban J connectivity index is 1.73. The zero-order chi connectivity index (χ0) is 23.2. The van der Waals surface area contributed by atoms with Gasteiger partial charge in [-0.3, -0.25) is 4.79 Å². The van der Waals surface area contributed by atoms with Crippen molar-refractivity contribution in [1.29, 1.82) is 0 Å². The molecule has 1 aliphatic rings. The third-order valence-electron chi connectivity index (χ3n) is 7.16. The predicted molar refractivity (Wildman–Crippen MR) is 138 cm³/mol. The van der Waals surface area contributed by atoms with Gasteiger partial charge in [-0.15, -0.1) is 0 Å². The van der Waals surface area contributed by atoms with Gasteiger partial charge in [-0.25, -0.2) is 0 Å². The molecule has 3 heteroatoms. The number of hydrogen-bond acceptors (Lipinski definition) is 2. The number of carbonyl (C=O) groups excluding carboxylic acids is 1. The Kier molecular flexibility index (Phi) is 7.95. The molecule has 0 aromatic heterocycles. The van der Waals surface area contributed by atoms with Crippen LogP contribution in [0.3, 0.4) is 0 Å². The Hall–Kier alpha value is -1.97. The minimum Gasteiger partial charge on any atom is -0.407 e. The SMILES string of the molecule is C/C(=C\C[C@@]1(C)CCCC1=O)CCCO[Si](c1ccccc1)(c1ccccc1)C(C)(C)C. The van der Waals surface area contributed by atoms with Crippen LogP contribution in [-0.2, 0) is 9.22 Å². The molecule has 1 aliphatic carbocycles. The van der Waals surface area contributed by atoms with Crippen LogP contribution in [0.5, 0.6) is 0 Å². The number of ketones is 1. The highest BCUT2D eigenvalue weighted by Crippen LogP contribution is 2.38. The van der Waals surface area contributed by atoms with E-state index < -0.39 is 8.32 Å². The van der Waals surface area contributed by atoms with Crippen molar-refractivity contribution < 1.29 is 9.22 Å². The second-order valence-electron chi connectivity index (χ2n) is 10.7. The molecule has 0 radical (unpaired) electrons. The molecule has 32 heavy (non-hydrogen) atoms. The summed E-state index contributed by atoms with van der Waals surface area (Å²) in [5, 5.41) is 2.68. The zero-order valence-electron chi connectivity index (χ0n) is 20.6. The minimum atomic E-state index is -2.45. The van der Waals surface area contributed by atoms with Crippen molar-refractivity contribution in [2.45, 2.75) is 78.2 Å². The van der Waals surface area contributed by atoms with Crippen molar-refractivity contribution >= 4 is 24.5 Å². The summed E-state index contributed by atoms with van der Waals surface area (Å²) in [6.45, 7) is 12.1. The first-order valence-electron chi connectivity index (χ1n) is 12.1. The van der Waals surface area contributed by atoms with E-state index in [4.69, 9.17) is 4.43 Å². The summed E-state index contributed by atoms with van der Waals surface area (Å²) in [5.41, 5.74) is 1.24. The Bertz CT molecular complexity index is 872. The first kappa shape index (κ1) is 24.7. The zero-order valence-corrected chi connectivity index (χ0v) is 21.6. The average Bonchev–Trinajstić information content (AvgIpc) is 3.11. The second-order valence-corrected chi connectivity index (χ2v) is 15.0. The lowest BCUT2D eigenvalue weighted by Gasteiger charge is -2.43. The van der Waals surface area contributed by atoms with E-state index in [0.717, 1.165) is 45.1 Å². The van der Waals surface area contributed by atoms with Crippen molar-refractivity contribution in [3.63, 3.8) is 0 Å². The van der Waals surface area contributed by atoms with Gasteiger partial charge in [0.25, 0.3) is 8.32 Å². The fourth-order valence-corrected chi connectivity index (χ4v) is 9.74. The van der Waals surface area contributed by atoms with Crippen molar-refractivity contribution in [2.24, 2.45) is 5.41 Å². The van der Waals surface area contributed by atoms with Gasteiger partial charge in [-0.1, -0.05) is 100 Å². The van der Waals surface area contributed by atoms with Crippen LogP contribution in [-0.4, -0.2) is 20.7 Å². The van der Waals surface area contributed by atoms with Gasteiger partial charge in [0.1, 0.15) is 5.78 Å². The molecule has 0 spiro atoms. The minimum absolute atomic E-state index is 0.0119. The van der Waals surface area contributed by atoms with E-state index in [-0.39, 0.29) is 10.5 Å². The molecule has 2 nitrogen and oxygen atoms in total. The van der Waals surface area contributed by atoms with Gasteiger partial charge < -0.3 is 4.43 Å². The standard InChI is InChI=1S/C29H40O2Si/c1-24(20-22-29(5)21-12-19-27(29)30)14-13-23-31-32(28(2,3)4,25-15-8-6-9-16-25)26-17-10-7-11-18-26/h6-11,15-18,20H,12-14,19,21-23H2,1-5H3/b24-20+/t29-/m1/s1. The van der Waals surface area contributed by atoms with Gasteiger partial charge in [0.15, 0.2) is 0 Å². The Labute approximate surface area is 196 Å². The van der Waals surface area contributed by atoms with Crippen LogP contribution in [0, 0.1) is 5.41 Å². The molecule has 0 bridgehead atoms. The van der Waals surface area contributed by atoms with E-state index in [9.17, 15) is 4.79 Å². The molecule has 172 valence electrons. The summed E-state index contributed by atoms with van der Waals surface area (Å²) >= 11 is 0. The molecular formula is C29H40O2Si. The third kappa shape index (κ3) is 5.32. The van der Waals surface area contributed by atoms with Gasteiger partial charge in [0, 0.05) is 18.4 Å². The number of benzene rings is 2. The highest BCUT2D eigenvalue weighted by Gasteiger charge is 2.49. The highest BCUT2D eigenvalue weighted by atomic mass is 28.4. The van der Waals surface area contributed by atoms with E-state index in [1.807, 2.05) is 0 Å². The number of allylic oxidation sites excluding steroid dienone is 2. The summed E-state index contributed by atoms with van der Waals surface area (Å²) < 4.78 is 6.99. The maximum Gasteiger partial charge on any atom is 0.261 e. The average molecular weight is 449 g/mol. The van der Waals surface area contributed by atoms with Crippen LogP contribution in [0.2, 0.25) is 5.04 Å². The maximum absolute atomic E-state index is 12.2. The normalized spacial score (nSPS) is 20.0. The summed E-state index contributed by atoms with van der Waals surface area (Å²) in [7, 11) is -2.45. The van der Waals surface area contributed by atoms with Gasteiger partial charge in [0.05, 0.1) is 0 Å². The quantitative estimate of drug-likeness (QED) is 0.251. The first-order chi connectivity index (χ1) is 15.2. The molecular weight excluding hydrogens is 408 g/mol. The smallest absolute Gasteiger partial charge is 0.261 e. The summed E-state index contributed by atoms with van der Waals surface area (Å²) in [6, 6.07) is 21.7. The van der Waals surface area contributed by atoms with Crippen molar-refractivity contribution in [3.05, 3.63) is 72.3 Å². The topological polar surface area (TPSA) is 26.3 Å².